The van der Waals surface area contributed by atoms with Crippen LogP contribution in [0.3, 0.4) is 0 Å². The van der Waals surface area contributed by atoms with Gasteiger partial charge in [0.15, 0.2) is 11.6 Å². The molecule has 1 amide bonds. The number of amides is 1. The minimum absolute atomic E-state index is 0.0515. The number of carbonyl (C=O) groups is 1. The summed E-state index contributed by atoms with van der Waals surface area (Å²) in [5.74, 6) is 0.708. The average Bonchev–Trinajstić information content (AvgIpc) is 3.20. The maximum atomic E-state index is 11.8. The molecule has 2 aromatic heterocycles. The van der Waals surface area contributed by atoms with E-state index < -0.39 is 8.03 Å². The van der Waals surface area contributed by atoms with Crippen LogP contribution in [0.15, 0.2) is 42.7 Å². The second-order valence-electron chi connectivity index (χ2n) is 5.87. The summed E-state index contributed by atoms with van der Waals surface area (Å²) in [4.78, 5) is 31.0. The highest BCUT2D eigenvalue weighted by Gasteiger charge is 2.19. The first-order valence-corrected chi connectivity index (χ1v) is 9.70. The second kappa shape index (κ2) is 8.55. The Morgan fingerprint density at radius 1 is 1.32 bits per heavy atom. The summed E-state index contributed by atoms with van der Waals surface area (Å²) in [6.07, 6.45) is 3.95. The molecule has 28 heavy (non-hydrogen) atoms. The first-order chi connectivity index (χ1) is 13.5. The average molecular weight is 400 g/mol. The molecule has 2 heterocycles. The van der Waals surface area contributed by atoms with Crippen molar-refractivity contribution in [1.82, 2.24) is 19.7 Å². The summed E-state index contributed by atoms with van der Waals surface area (Å²) in [6, 6.07) is 8.85. The van der Waals surface area contributed by atoms with Crippen LogP contribution in [0.25, 0.3) is 5.95 Å². The normalized spacial score (nSPS) is 11.1. The SMILES string of the molecule is CNc1c(N)nc(-n2cccn2)nc1N(C=O)Cc1cccc(C[P+](=O)O)c1. The molecular formula is C17H19N7O3P+. The van der Waals surface area contributed by atoms with Crippen LogP contribution in [0.4, 0.5) is 17.3 Å². The zero-order chi connectivity index (χ0) is 20.1. The van der Waals surface area contributed by atoms with Crippen molar-refractivity contribution in [3.8, 4) is 5.95 Å². The van der Waals surface area contributed by atoms with E-state index in [9.17, 15) is 9.36 Å². The standard InChI is InChI=1S/C17H18N7O3P/c1-19-14-15(18)21-17(24-7-3-6-20-24)22-16(14)23(11-25)9-12-4-2-5-13(8-12)10-28(26)27/h2-8,11,19H,9-10H2,1H3,(H2-,18,21,22,26,27)/p+1. The molecule has 1 aromatic carbocycles. The summed E-state index contributed by atoms with van der Waals surface area (Å²) in [5, 5.41) is 7.01. The van der Waals surface area contributed by atoms with Crippen LogP contribution in [0.2, 0.25) is 0 Å². The highest BCUT2D eigenvalue weighted by Crippen LogP contribution is 2.30. The Labute approximate surface area is 161 Å². The molecule has 3 aromatic rings. The van der Waals surface area contributed by atoms with Gasteiger partial charge in [-0.1, -0.05) is 18.2 Å². The Bertz CT molecular complexity index is 994. The predicted octanol–water partition coefficient (Wildman–Crippen LogP) is 1.68. The number of carbonyl (C=O) groups excluding carboxylic acids is 1. The number of benzene rings is 1. The summed E-state index contributed by atoms with van der Waals surface area (Å²) >= 11 is 0. The quantitative estimate of drug-likeness (QED) is 0.383. The van der Waals surface area contributed by atoms with Gasteiger partial charge in [0, 0.05) is 25.0 Å². The van der Waals surface area contributed by atoms with Crippen molar-refractivity contribution in [3.05, 3.63) is 53.9 Å². The lowest BCUT2D eigenvalue weighted by Gasteiger charge is -2.21. The second-order valence-corrected chi connectivity index (χ2v) is 6.89. The molecular weight excluding hydrogens is 381 g/mol. The van der Waals surface area contributed by atoms with Gasteiger partial charge in [-0.25, -0.2) is 4.68 Å². The zero-order valence-corrected chi connectivity index (χ0v) is 16.0. The fourth-order valence-electron chi connectivity index (χ4n) is 2.73. The van der Waals surface area contributed by atoms with Gasteiger partial charge in [-0.05, 0) is 22.3 Å². The number of aromatic nitrogens is 4. The van der Waals surface area contributed by atoms with Gasteiger partial charge in [-0.2, -0.15) is 20.0 Å². The third-order valence-corrected chi connectivity index (χ3v) is 4.56. The largest absolute Gasteiger partial charge is 0.510 e. The van der Waals surface area contributed by atoms with E-state index >= 15 is 0 Å². The van der Waals surface area contributed by atoms with E-state index in [2.05, 4.69) is 20.4 Å². The molecule has 144 valence electrons. The van der Waals surface area contributed by atoms with Crippen molar-refractivity contribution in [1.29, 1.82) is 0 Å². The zero-order valence-electron chi connectivity index (χ0n) is 15.1. The molecule has 10 nitrogen and oxygen atoms in total. The molecule has 0 bridgehead atoms. The van der Waals surface area contributed by atoms with E-state index in [1.165, 1.54) is 9.58 Å². The topological polar surface area (TPSA) is 139 Å². The first kappa shape index (κ1) is 19.4. The van der Waals surface area contributed by atoms with Crippen molar-refractivity contribution in [2.24, 2.45) is 0 Å². The molecule has 1 unspecified atom stereocenters. The Hall–Kier alpha value is -3.36. The van der Waals surface area contributed by atoms with Gasteiger partial charge in [-0.15, -0.1) is 0 Å². The van der Waals surface area contributed by atoms with Gasteiger partial charge < -0.3 is 11.1 Å². The fraction of sp³-hybridized carbons (Fsp3) is 0.176. The number of hydrogen-bond acceptors (Lipinski definition) is 7. The van der Waals surface area contributed by atoms with Crippen LogP contribution in [-0.4, -0.2) is 38.1 Å². The lowest BCUT2D eigenvalue weighted by atomic mass is 10.1. The third kappa shape index (κ3) is 4.30. The molecule has 11 heteroatoms. The molecule has 0 aliphatic carbocycles. The number of nitrogens with two attached hydrogens (primary N) is 1. The molecule has 0 aliphatic rings. The molecule has 0 saturated heterocycles. The molecule has 0 radical (unpaired) electrons. The summed E-state index contributed by atoms with van der Waals surface area (Å²) in [5.41, 5.74) is 7.95. The van der Waals surface area contributed by atoms with Gasteiger partial charge in [0.2, 0.25) is 12.6 Å². The maximum absolute atomic E-state index is 11.8. The van der Waals surface area contributed by atoms with E-state index in [-0.39, 0.29) is 24.5 Å². The number of rotatable bonds is 8. The van der Waals surface area contributed by atoms with Gasteiger partial charge >= 0.3 is 8.03 Å². The van der Waals surface area contributed by atoms with Crippen molar-refractivity contribution in [3.63, 3.8) is 0 Å². The van der Waals surface area contributed by atoms with Gasteiger partial charge in [0.05, 0.1) is 6.54 Å². The number of hydrogen-bond donors (Lipinski definition) is 3. The third-order valence-electron chi connectivity index (χ3n) is 3.93. The minimum Gasteiger partial charge on any atom is -0.382 e. The lowest BCUT2D eigenvalue weighted by molar-refractivity contribution is -0.107. The molecule has 0 spiro atoms. The van der Waals surface area contributed by atoms with Gasteiger partial charge in [-0.3, -0.25) is 9.69 Å². The van der Waals surface area contributed by atoms with Crippen LogP contribution in [0, 0.1) is 0 Å². The Balaban J connectivity index is 1.98. The molecule has 0 saturated carbocycles. The van der Waals surface area contributed by atoms with E-state index in [4.69, 9.17) is 10.6 Å². The van der Waals surface area contributed by atoms with E-state index in [1.807, 2.05) is 6.07 Å². The van der Waals surface area contributed by atoms with Crippen LogP contribution in [-0.2, 0) is 22.1 Å². The maximum Gasteiger partial charge on any atom is 0.510 e. The lowest BCUT2D eigenvalue weighted by Crippen LogP contribution is -2.24. The minimum atomic E-state index is -2.28. The van der Waals surface area contributed by atoms with E-state index in [1.54, 1.807) is 43.7 Å². The molecule has 0 aliphatic heterocycles. The van der Waals surface area contributed by atoms with Crippen molar-refractivity contribution < 1.29 is 14.3 Å². The van der Waals surface area contributed by atoms with Crippen LogP contribution < -0.4 is 16.0 Å². The summed E-state index contributed by atoms with van der Waals surface area (Å²) in [6.45, 7) is 0.198. The summed E-state index contributed by atoms with van der Waals surface area (Å²) < 4.78 is 12.5. The van der Waals surface area contributed by atoms with E-state index in [0.29, 0.717) is 23.5 Å². The fourth-order valence-corrected chi connectivity index (χ4v) is 3.24. The molecule has 3 rings (SSSR count). The smallest absolute Gasteiger partial charge is 0.382 e. The van der Waals surface area contributed by atoms with Crippen molar-refractivity contribution in [2.45, 2.75) is 12.7 Å². The van der Waals surface area contributed by atoms with Crippen molar-refractivity contribution in [2.75, 3.05) is 23.0 Å². The summed E-state index contributed by atoms with van der Waals surface area (Å²) in [7, 11) is -0.624. The highest BCUT2D eigenvalue weighted by atomic mass is 31.1. The van der Waals surface area contributed by atoms with Crippen LogP contribution >= 0.6 is 8.03 Å². The Kier molecular flexibility index (Phi) is 5.93. The number of nitrogen functional groups attached to an aromatic ring is 1. The monoisotopic (exact) mass is 400 g/mol. The first-order valence-electron chi connectivity index (χ1n) is 8.30. The van der Waals surface area contributed by atoms with E-state index in [0.717, 1.165) is 5.56 Å². The van der Waals surface area contributed by atoms with Crippen LogP contribution in [0.5, 0.6) is 0 Å². The van der Waals surface area contributed by atoms with Gasteiger partial charge in [0.25, 0.3) is 5.95 Å². The Morgan fingerprint density at radius 3 is 2.75 bits per heavy atom. The van der Waals surface area contributed by atoms with Gasteiger partial charge in [0.1, 0.15) is 5.69 Å². The predicted molar refractivity (Wildman–Crippen MR) is 105 cm³/mol. The van der Waals surface area contributed by atoms with Crippen LogP contribution in [0.1, 0.15) is 11.1 Å². The Morgan fingerprint density at radius 2 is 2.11 bits per heavy atom. The molecule has 4 N–H and O–H groups in total. The molecule has 0 fully saturated rings. The van der Waals surface area contributed by atoms with Crippen molar-refractivity contribution >= 4 is 31.8 Å². The molecule has 1 atom stereocenters. The highest BCUT2D eigenvalue weighted by molar-refractivity contribution is 7.37. The number of nitrogens with zero attached hydrogens (tertiary/aromatic N) is 5. The number of nitrogens with one attached hydrogen (secondary N) is 1. The number of anilines is 3.